The van der Waals surface area contributed by atoms with Crippen molar-refractivity contribution in [3.8, 4) is 11.5 Å². The molecule has 4 rings (SSSR count). The van der Waals surface area contributed by atoms with Crippen LogP contribution in [0.1, 0.15) is 34.8 Å². The molecule has 1 atom stereocenters. The summed E-state index contributed by atoms with van der Waals surface area (Å²) in [5.74, 6) is -0.00668. The molecular weight excluding hydrogens is 574 g/mol. The second-order valence-electron chi connectivity index (χ2n) is 9.84. The molecule has 0 saturated carbocycles. The summed E-state index contributed by atoms with van der Waals surface area (Å²) in [7, 11) is 3.07. The highest BCUT2D eigenvalue weighted by molar-refractivity contribution is 8.00. The van der Waals surface area contributed by atoms with E-state index < -0.39 is 11.8 Å². The van der Waals surface area contributed by atoms with Crippen LogP contribution in [0.5, 0.6) is 11.5 Å². The number of benzene rings is 4. The summed E-state index contributed by atoms with van der Waals surface area (Å²) >= 11 is 1.41. The highest BCUT2D eigenvalue weighted by atomic mass is 32.2. The van der Waals surface area contributed by atoms with Crippen molar-refractivity contribution in [2.45, 2.75) is 30.4 Å². The molecule has 4 aromatic carbocycles. The lowest BCUT2D eigenvalue weighted by Crippen LogP contribution is -2.30. The third-order valence-corrected chi connectivity index (χ3v) is 7.98. The third kappa shape index (κ3) is 8.75. The Hall–Kier alpha value is -5.02. The van der Waals surface area contributed by atoms with E-state index in [4.69, 9.17) is 9.47 Å². The molecule has 0 fully saturated rings. The van der Waals surface area contributed by atoms with Crippen LogP contribution in [0.25, 0.3) is 6.08 Å². The third-order valence-electron chi connectivity index (χ3n) is 6.62. The Labute approximate surface area is 261 Å². The number of methoxy groups -OCH3 is 2. The van der Waals surface area contributed by atoms with Gasteiger partial charge in [0.2, 0.25) is 5.91 Å². The van der Waals surface area contributed by atoms with Crippen LogP contribution in [0, 0.1) is 6.92 Å². The number of carbonyl (C=O) groups is 3. The Bertz CT molecular complexity index is 1640. The van der Waals surface area contributed by atoms with E-state index in [0.29, 0.717) is 34.7 Å². The molecule has 1 unspecified atom stereocenters. The lowest BCUT2D eigenvalue weighted by Gasteiger charge is -2.16. The number of rotatable bonds is 12. The quantitative estimate of drug-likeness (QED) is 0.119. The molecule has 0 aromatic heterocycles. The largest absolute Gasteiger partial charge is 0.497 e. The Morgan fingerprint density at radius 1 is 0.818 bits per heavy atom. The highest BCUT2D eigenvalue weighted by Crippen LogP contribution is 2.30. The number of anilines is 2. The van der Waals surface area contributed by atoms with Crippen LogP contribution in [0.3, 0.4) is 0 Å². The number of hydrogen-bond acceptors (Lipinski definition) is 6. The molecule has 9 heteroatoms. The Kier molecular flexibility index (Phi) is 11.2. The van der Waals surface area contributed by atoms with Crippen LogP contribution < -0.4 is 25.4 Å². The first-order valence-electron chi connectivity index (χ1n) is 14.0. The van der Waals surface area contributed by atoms with Gasteiger partial charge in [0.25, 0.3) is 11.8 Å². The standard InChI is InChI=1S/C35H35N3O5S/c1-5-32(35(41)36-26-17-14-23(2)15-18-26)44-29-13-9-12-27(21-29)37-34(40)30(38-33(39)24-10-7-6-8-11-24)20-25-16-19-28(42-3)22-31(25)43-4/h6-22,32H,5H2,1-4H3,(H,36,41)(H,37,40)(H,38,39)/b30-20+. The predicted octanol–water partition coefficient (Wildman–Crippen LogP) is 6.93. The van der Waals surface area contributed by atoms with Crippen molar-refractivity contribution in [1.82, 2.24) is 5.32 Å². The maximum Gasteiger partial charge on any atom is 0.272 e. The fourth-order valence-electron chi connectivity index (χ4n) is 4.23. The van der Waals surface area contributed by atoms with Crippen LogP contribution in [-0.2, 0) is 9.59 Å². The highest BCUT2D eigenvalue weighted by Gasteiger charge is 2.20. The predicted molar refractivity (Wildman–Crippen MR) is 176 cm³/mol. The average molecular weight is 610 g/mol. The van der Waals surface area contributed by atoms with Crippen LogP contribution in [0.2, 0.25) is 0 Å². The number of carbonyl (C=O) groups excluding carboxylic acids is 3. The molecular formula is C35H35N3O5S. The number of ether oxygens (including phenoxy) is 2. The maximum atomic E-state index is 13.6. The van der Waals surface area contributed by atoms with Gasteiger partial charge < -0.3 is 25.4 Å². The van der Waals surface area contributed by atoms with Crippen molar-refractivity contribution in [2.24, 2.45) is 0 Å². The molecule has 226 valence electrons. The molecule has 0 radical (unpaired) electrons. The van der Waals surface area contributed by atoms with E-state index in [1.54, 1.807) is 73.8 Å². The molecule has 0 aliphatic heterocycles. The molecule has 44 heavy (non-hydrogen) atoms. The molecule has 0 bridgehead atoms. The zero-order valence-electron chi connectivity index (χ0n) is 25.0. The lowest BCUT2D eigenvalue weighted by molar-refractivity contribution is -0.116. The minimum absolute atomic E-state index is 0.0179. The summed E-state index contributed by atoms with van der Waals surface area (Å²) in [6.07, 6.45) is 2.16. The molecule has 0 saturated heterocycles. The SMILES string of the molecule is CCC(Sc1cccc(NC(=O)/C(=C\c2ccc(OC)cc2OC)NC(=O)c2ccccc2)c1)C(=O)Nc1ccc(C)cc1. The van der Waals surface area contributed by atoms with Gasteiger partial charge in [0.1, 0.15) is 17.2 Å². The summed E-state index contributed by atoms with van der Waals surface area (Å²) in [5.41, 5.74) is 3.36. The second-order valence-corrected chi connectivity index (χ2v) is 11.1. The summed E-state index contributed by atoms with van der Waals surface area (Å²) in [6, 6.07) is 28.7. The van der Waals surface area contributed by atoms with Gasteiger partial charge in [0, 0.05) is 33.5 Å². The van der Waals surface area contributed by atoms with E-state index in [0.717, 1.165) is 16.1 Å². The lowest BCUT2D eigenvalue weighted by atomic mass is 10.1. The van der Waals surface area contributed by atoms with Crippen LogP contribution >= 0.6 is 11.8 Å². The zero-order valence-corrected chi connectivity index (χ0v) is 25.9. The van der Waals surface area contributed by atoms with Gasteiger partial charge in [-0.15, -0.1) is 11.8 Å². The van der Waals surface area contributed by atoms with Crippen molar-refractivity contribution >= 4 is 46.9 Å². The summed E-state index contributed by atoms with van der Waals surface area (Å²) in [5, 5.41) is 8.26. The van der Waals surface area contributed by atoms with E-state index in [1.807, 2.05) is 50.2 Å². The average Bonchev–Trinajstić information content (AvgIpc) is 3.04. The Morgan fingerprint density at radius 3 is 2.25 bits per heavy atom. The molecule has 0 spiro atoms. The van der Waals surface area contributed by atoms with Crippen molar-refractivity contribution in [3.63, 3.8) is 0 Å². The van der Waals surface area contributed by atoms with E-state index in [2.05, 4.69) is 16.0 Å². The normalized spacial score (nSPS) is 11.7. The van der Waals surface area contributed by atoms with Gasteiger partial charge in [-0.3, -0.25) is 14.4 Å². The van der Waals surface area contributed by atoms with Crippen LogP contribution in [-0.4, -0.2) is 37.2 Å². The number of amides is 3. The van der Waals surface area contributed by atoms with Crippen LogP contribution in [0.4, 0.5) is 11.4 Å². The molecule has 4 aromatic rings. The maximum absolute atomic E-state index is 13.6. The van der Waals surface area contributed by atoms with Gasteiger partial charge in [-0.05, 0) is 74.0 Å². The molecule has 0 aliphatic carbocycles. The first kappa shape index (κ1) is 31.9. The Balaban J connectivity index is 1.54. The minimum atomic E-state index is -0.529. The number of nitrogens with one attached hydrogen (secondary N) is 3. The molecule has 0 aliphatic rings. The summed E-state index contributed by atoms with van der Waals surface area (Å²) < 4.78 is 10.8. The molecule has 3 amide bonds. The fourth-order valence-corrected chi connectivity index (χ4v) is 5.24. The molecule has 3 N–H and O–H groups in total. The van der Waals surface area contributed by atoms with Gasteiger partial charge in [-0.2, -0.15) is 0 Å². The first-order chi connectivity index (χ1) is 21.3. The number of aryl methyl sites for hydroxylation is 1. The monoisotopic (exact) mass is 609 g/mol. The smallest absolute Gasteiger partial charge is 0.272 e. The van der Waals surface area contributed by atoms with E-state index >= 15 is 0 Å². The van der Waals surface area contributed by atoms with E-state index in [9.17, 15) is 14.4 Å². The second kappa shape index (κ2) is 15.5. The summed E-state index contributed by atoms with van der Waals surface area (Å²) in [4.78, 5) is 40.5. The Morgan fingerprint density at radius 2 is 1.57 bits per heavy atom. The molecule has 8 nitrogen and oxygen atoms in total. The van der Waals surface area contributed by atoms with Crippen LogP contribution in [0.15, 0.2) is 108 Å². The molecule has 0 heterocycles. The van der Waals surface area contributed by atoms with Gasteiger partial charge >= 0.3 is 0 Å². The number of hydrogen-bond donors (Lipinski definition) is 3. The van der Waals surface area contributed by atoms with Gasteiger partial charge in [-0.25, -0.2) is 0 Å². The van der Waals surface area contributed by atoms with Crippen molar-refractivity contribution in [1.29, 1.82) is 0 Å². The van der Waals surface area contributed by atoms with Gasteiger partial charge in [0.05, 0.1) is 19.5 Å². The van der Waals surface area contributed by atoms with Gasteiger partial charge in [-0.1, -0.05) is 48.9 Å². The fraction of sp³-hybridized carbons (Fsp3) is 0.171. The first-order valence-corrected chi connectivity index (χ1v) is 14.9. The minimum Gasteiger partial charge on any atom is -0.497 e. The van der Waals surface area contributed by atoms with Gasteiger partial charge in [0.15, 0.2) is 0 Å². The topological polar surface area (TPSA) is 106 Å². The number of thioether (sulfide) groups is 1. The summed E-state index contributed by atoms with van der Waals surface area (Å²) in [6.45, 7) is 3.95. The van der Waals surface area contributed by atoms with E-state index in [-0.39, 0.29) is 16.9 Å². The zero-order chi connectivity index (χ0) is 31.5. The van der Waals surface area contributed by atoms with E-state index in [1.165, 1.54) is 18.9 Å². The van der Waals surface area contributed by atoms with Crippen molar-refractivity contribution in [2.75, 3.05) is 24.9 Å². The van der Waals surface area contributed by atoms with Crippen molar-refractivity contribution in [3.05, 3.63) is 119 Å². The van der Waals surface area contributed by atoms with Crippen molar-refractivity contribution < 1.29 is 23.9 Å².